The molecule has 7 nitrogen and oxygen atoms in total. The van der Waals surface area contributed by atoms with E-state index in [1.165, 1.54) is 11.3 Å². The molecule has 0 radical (unpaired) electrons. The minimum absolute atomic E-state index is 0.104. The summed E-state index contributed by atoms with van der Waals surface area (Å²) in [4.78, 5) is 27.7. The summed E-state index contributed by atoms with van der Waals surface area (Å²) in [6.07, 6.45) is 2.73. The lowest BCUT2D eigenvalue weighted by molar-refractivity contribution is -0.124. The molecule has 0 aliphatic rings. The van der Waals surface area contributed by atoms with Crippen LogP contribution in [-0.4, -0.2) is 27.0 Å². The summed E-state index contributed by atoms with van der Waals surface area (Å²) in [5, 5.41) is 14.8. The minimum Gasteiger partial charge on any atom is -0.350 e. The van der Waals surface area contributed by atoms with Crippen LogP contribution in [0.4, 0.5) is 5.13 Å². The van der Waals surface area contributed by atoms with Gasteiger partial charge in [0.1, 0.15) is 5.01 Å². The molecule has 2 rings (SSSR count). The predicted molar refractivity (Wildman–Crippen MR) is 92.4 cm³/mol. The van der Waals surface area contributed by atoms with Crippen LogP contribution < -0.4 is 10.6 Å². The van der Waals surface area contributed by atoms with Gasteiger partial charge in [-0.05, 0) is 18.1 Å². The van der Waals surface area contributed by atoms with E-state index in [-0.39, 0.29) is 24.7 Å². The smallest absolute Gasteiger partial charge is 0.226 e. The lowest BCUT2D eigenvalue weighted by atomic mass is 10.1. The van der Waals surface area contributed by atoms with Crippen molar-refractivity contribution in [2.75, 3.05) is 5.32 Å². The quantitative estimate of drug-likeness (QED) is 0.763. The van der Waals surface area contributed by atoms with Gasteiger partial charge in [0.25, 0.3) is 0 Å². The number of nitrogens with one attached hydrogen (secondary N) is 2. The number of hydrogen-bond donors (Lipinski definition) is 2. The summed E-state index contributed by atoms with van der Waals surface area (Å²) in [7, 11) is 0. The van der Waals surface area contributed by atoms with Gasteiger partial charge in [-0.3, -0.25) is 14.6 Å². The van der Waals surface area contributed by atoms with E-state index in [0.29, 0.717) is 17.6 Å². The van der Waals surface area contributed by atoms with Gasteiger partial charge in [-0.15, -0.1) is 10.2 Å². The van der Waals surface area contributed by atoms with E-state index in [2.05, 4.69) is 39.7 Å². The molecule has 0 unspecified atom stereocenters. The second-order valence-corrected chi connectivity index (χ2v) is 6.81. The predicted octanol–water partition coefficient (Wildman–Crippen LogP) is 2.17. The Morgan fingerprint density at radius 3 is 2.67 bits per heavy atom. The summed E-state index contributed by atoms with van der Waals surface area (Å²) in [5.41, 5.74) is 0.779. The van der Waals surface area contributed by atoms with Crippen molar-refractivity contribution in [2.24, 2.45) is 5.92 Å². The Hall–Kier alpha value is -2.35. The Balaban J connectivity index is 1.68. The van der Waals surface area contributed by atoms with E-state index in [1.54, 1.807) is 6.20 Å². The van der Waals surface area contributed by atoms with E-state index >= 15 is 0 Å². The number of amides is 2. The normalized spacial score (nSPS) is 10.6. The highest BCUT2D eigenvalue weighted by Gasteiger charge is 2.11. The molecule has 0 atom stereocenters. The highest BCUT2D eigenvalue weighted by Crippen LogP contribution is 2.18. The average molecular weight is 347 g/mol. The molecule has 2 N–H and O–H groups in total. The molecule has 0 spiro atoms. The zero-order valence-corrected chi connectivity index (χ0v) is 14.6. The first-order valence-corrected chi connectivity index (χ1v) is 8.63. The van der Waals surface area contributed by atoms with Crippen LogP contribution >= 0.6 is 11.3 Å². The first-order valence-electron chi connectivity index (χ1n) is 7.81. The van der Waals surface area contributed by atoms with Crippen LogP contribution in [0.5, 0.6) is 0 Å². The van der Waals surface area contributed by atoms with Crippen molar-refractivity contribution in [1.82, 2.24) is 20.5 Å². The minimum atomic E-state index is -0.241. The second-order valence-electron chi connectivity index (χ2n) is 5.74. The molecule has 2 heterocycles. The maximum absolute atomic E-state index is 11.9. The molecule has 8 heteroatoms. The number of anilines is 1. The number of carbonyl (C=O) groups excluding carboxylic acids is 2. The molecule has 0 saturated heterocycles. The molecule has 0 saturated carbocycles. The van der Waals surface area contributed by atoms with Gasteiger partial charge in [0.15, 0.2) is 0 Å². The van der Waals surface area contributed by atoms with Crippen molar-refractivity contribution in [3.63, 3.8) is 0 Å². The van der Waals surface area contributed by atoms with Crippen molar-refractivity contribution >= 4 is 28.3 Å². The largest absolute Gasteiger partial charge is 0.350 e. The highest BCUT2D eigenvalue weighted by atomic mass is 32.1. The lowest BCUT2D eigenvalue weighted by Gasteiger charge is -2.04. The van der Waals surface area contributed by atoms with E-state index < -0.39 is 0 Å². The van der Waals surface area contributed by atoms with Crippen LogP contribution in [0.3, 0.4) is 0 Å². The first kappa shape index (κ1) is 18.0. The molecular weight excluding hydrogens is 326 g/mol. The molecule has 0 aromatic carbocycles. The van der Waals surface area contributed by atoms with Crippen molar-refractivity contribution in [3.8, 4) is 0 Å². The molecule has 2 aromatic heterocycles. The third-order valence-electron chi connectivity index (χ3n) is 3.07. The van der Waals surface area contributed by atoms with Crippen LogP contribution in [-0.2, 0) is 22.6 Å². The van der Waals surface area contributed by atoms with Crippen molar-refractivity contribution in [1.29, 1.82) is 0 Å². The summed E-state index contributed by atoms with van der Waals surface area (Å²) >= 11 is 1.37. The van der Waals surface area contributed by atoms with Crippen molar-refractivity contribution in [3.05, 3.63) is 35.1 Å². The number of aromatic nitrogens is 3. The van der Waals surface area contributed by atoms with Gasteiger partial charge in [0, 0.05) is 25.5 Å². The topological polar surface area (TPSA) is 96.9 Å². The fraction of sp³-hybridized carbons (Fsp3) is 0.438. The molecule has 0 fully saturated rings. The Bertz CT molecular complexity index is 672. The van der Waals surface area contributed by atoms with Crippen LogP contribution in [0.1, 0.15) is 37.4 Å². The Labute approximate surface area is 144 Å². The van der Waals surface area contributed by atoms with Crippen molar-refractivity contribution in [2.45, 2.75) is 39.7 Å². The molecule has 0 bridgehead atoms. The Kier molecular flexibility index (Phi) is 6.80. The zero-order chi connectivity index (χ0) is 17.4. The standard InChI is InChI=1S/C16H21N5O2S/c1-11(2)9-15-20-21-16(24-15)19-14(23)7-6-13(22)18-10-12-5-3-4-8-17-12/h3-5,8,11H,6-7,9-10H2,1-2H3,(H,18,22)(H,19,21,23). The summed E-state index contributed by atoms with van der Waals surface area (Å²) in [6.45, 7) is 4.56. The van der Waals surface area contributed by atoms with Gasteiger partial charge in [-0.2, -0.15) is 0 Å². The van der Waals surface area contributed by atoms with Crippen LogP contribution in [0.2, 0.25) is 0 Å². The van der Waals surface area contributed by atoms with E-state index in [1.807, 2.05) is 18.2 Å². The maximum atomic E-state index is 11.9. The summed E-state index contributed by atoms with van der Waals surface area (Å²) < 4.78 is 0. The first-order chi connectivity index (χ1) is 11.5. The van der Waals surface area contributed by atoms with Gasteiger partial charge < -0.3 is 10.6 Å². The molecule has 0 aliphatic carbocycles. The number of hydrogen-bond acceptors (Lipinski definition) is 6. The lowest BCUT2D eigenvalue weighted by Crippen LogP contribution is -2.24. The van der Waals surface area contributed by atoms with Crippen molar-refractivity contribution < 1.29 is 9.59 Å². The van der Waals surface area contributed by atoms with Crippen LogP contribution in [0.15, 0.2) is 24.4 Å². The summed E-state index contributed by atoms with van der Waals surface area (Å²) in [5.74, 6) is 0.0631. The van der Waals surface area contributed by atoms with E-state index in [9.17, 15) is 9.59 Å². The Morgan fingerprint density at radius 2 is 1.96 bits per heavy atom. The second kappa shape index (κ2) is 9.07. The fourth-order valence-corrected chi connectivity index (χ4v) is 2.89. The van der Waals surface area contributed by atoms with E-state index in [0.717, 1.165) is 17.1 Å². The number of carbonyl (C=O) groups is 2. The molecule has 2 aromatic rings. The number of nitrogens with zero attached hydrogens (tertiary/aromatic N) is 3. The molecule has 128 valence electrons. The Morgan fingerprint density at radius 1 is 1.17 bits per heavy atom. The van der Waals surface area contributed by atoms with Crippen LogP contribution in [0.25, 0.3) is 0 Å². The average Bonchev–Trinajstić information content (AvgIpc) is 2.98. The van der Waals surface area contributed by atoms with Crippen LogP contribution in [0, 0.1) is 5.92 Å². The zero-order valence-electron chi connectivity index (χ0n) is 13.8. The molecular formula is C16H21N5O2S. The number of pyridine rings is 1. The maximum Gasteiger partial charge on any atom is 0.226 e. The van der Waals surface area contributed by atoms with Gasteiger partial charge in [-0.25, -0.2) is 0 Å². The highest BCUT2D eigenvalue weighted by molar-refractivity contribution is 7.15. The monoisotopic (exact) mass is 347 g/mol. The third kappa shape index (κ3) is 6.41. The summed E-state index contributed by atoms with van der Waals surface area (Å²) in [6, 6.07) is 5.50. The molecule has 0 aliphatic heterocycles. The van der Waals surface area contributed by atoms with E-state index in [4.69, 9.17) is 0 Å². The van der Waals surface area contributed by atoms with Gasteiger partial charge in [0.2, 0.25) is 16.9 Å². The SMILES string of the molecule is CC(C)Cc1nnc(NC(=O)CCC(=O)NCc2ccccn2)s1. The molecule has 24 heavy (non-hydrogen) atoms. The molecule has 2 amide bonds. The van der Waals surface area contributed by atoms with Gasteiger partial charge in [0.05, 0.1) is 12.2 Å². The van der Waals surface area contributed by atoms with Gasteiger partial charge >= 0.3 is 0 Å². The fourth-order valence-electron chi connectivity index (χ4n) is 1.92. The number of rotatable bonds is 8. The third-order valence-corrected chi connectivity index (χ3v) is 3.93. The van der Waals surface area contributed by atoms with Gasteiger partial charge in [-0.1, -0.05) is 31.3 Å².